The third-order valence-electron chi connectivity index (χ3n) is 3.75. The average Bonchev–Trinajstić information content (AvgIpc) is 2.59. The first kappa shape index (κ1) is 16.8. The fourth-order valence-electron chi connectivity index (χ4n) is 2.56. The first-order chi connectivity index (χ1) is 11.8. The van der Waals surface area contributed by atoms with Crippen molar-refractivity contribution in [3.8, 4) is 5.75 Å². The quantitative estimate of drug-likeness (QED) is 0.904. The molecule has 0 saturated heterocycles. The lowest BCUT2D eigenvalue weighted by Crippen LogP contribution is -2.42. The molecule has 0 atom stereocenters. The van der Waals surface area contributed by atoms with Crippen molar-refractivity contribution in [2.45, 2.75) is 6.18 Å². The van der Waals surface area contributed by atoms with Crippen molar-refractivity contribution in [2.24, 2.45) is 0 Å². The van der Waals surface area contributed by atoms with Gasteiger partial charge in [0.25, 0.3) is 5.91 Å². The summed E-state index contributed by atoms with van der Waals surface area (Å²) in [5.41, 5.74) is -0.482. The predicted octanol–water partition coefficient (Wildman–Crippen LogP) is 3.31. The number of alkyl halides is 3. The van der Waals surface area contributed by atoms with Crippen molar-refractivity contribution >= 4 is 23.2 Å². The number of benzene rings is 2. The molecule has 0 aromatic heterocycles. The fourth-order valence-corrected chi connectivity index (χ4v) is 2.56. The molecule has 0 saturated carbocycles. The van der Waals surface area contributed by atoms with Crippen LogP contribution < -0.4 is 15.0 Å². The van der Waals surface area contributed by atoms with E-state index in [1.807, 2.05) is 0 Å². The van der Waals surface area contributed by atoms with E-state index in [0.717, 1.165) is 17.0 Å². The van der Waals surface area contributed by atoms with Gasteiger partial charge in [0.1, 0.15) is 12.3 Å². The second-order valence-corrected chi connectivity index (χ2v) is 5.40. The number of nitrogens with zero attached hydrogens (tertiary/aromatic N) is 1. The molecule has 8 heteroatoms. The highest BCUT2D eigenvalue weighted by molar-refractivity contribution is 6.15. The molecule has 25 heavy (non-hydrogen) atoms. The van der Waals surface area contributed by atoms with Gasteiger partial charge in [0.15, 0.2) is 0 Å². The van der Waals surface area contributed by atoms with Gasteiger partial charge in [0.05, 0.1) is 24.0 Å². The van der Waals surface area contributed by atoms with E-state index in [0.29, 0.717) is 5.75 Å². The van der Waals surface area contributed by atoms with E-state index in [1.165, 1.54) is 19.2 Å². The molecule has 1 N–H and O–H groups in total. The molecule has 5 nitrogen and oxygen atoms in total. The van der Waals surface area contributed by atoms with Crippen LogP contribution in [0.2, 0.25) is 0 Å². The maximum Gasteiger partial charge on any atom is 0.416 e. The summed E-state index contributed by atoms with van der Waals surface area (Å²) < 4.78 is 43.6. The largest absolute Gasteiger partial charge is 0.497 e. The van der Waals surface area contributed by atoms with E-state index in [2.05, 4.69) is 5.32 Å². The lowest BCUT2D eigenvalue weighted by molar-refractivity contribution is -0.137. The molecule has 0 spiro atoms. The maximum atomic E-state index is 12.9. The van der Waals surface area contributed by atoms with E-state index >= 15 is 0 Å². The predicted molar refractivity (Wildman–Crippen MR) is 84.7 cm³/mol. The summed E-state index contributed by atoms with van der Waals surface area (Å²) in [5.74, 6) is -0.613. The summed E-state index contributed by atoms with van der Waals surface area (Å²) in [6.45, 7) is -0.283. The van der Waals surface area contributed by atoms with Gasteiger partial charge < -0.3 is 10.1 Å². The number of ether oxygens (including phenoxy) is 1. The summed E-state index contributed by atoms with van der Waals surface area (Å²) in [6.07, 6.45) is -4.54. The van der Waals surface area contributed by atoms with Crippen LogP contribution in [0.1, 0.15) is 15.9 Å². The number of carbonyl (C=O) groups is 2. The SMILES string of the molecule is COc1cccc(C(=O)N2CC(=O)Nc3cc(C(F)(F)F)ccc32)c1. The molecule has 1 aliphatic rings. The van der Waals surface area contributed by atoms with Crippen LogP contribution in [-0.2, 0) is 11.0 Å². The normalized spacial score (nSPS) is 13.9. The average molecular weight is 350 g/mol. The summed E-state index contributed by atoms with van der Waals surface area (Å²) >= 11 is 0. The molecular weight excluding hydrogens is 337 g/mol. The van der Waals surface area contributed by atoms with Crippen molar-refractivity contribution in [1.29, 1.82) is 0 Å². The van der Waals surface area contributed by atoms with Gasteiger partial charge in [-0.25, -0.2) is 0 Å². The molecule has 1 heterocycles. The third kappa shape index (κ3) is 3.28. The summed E-state index contributed by atoms with van der Waals surface area (Å²) in [4.78, 5) is 25.7. The zero-order valence-corrected chi connectivity index (χ0v) is 13.1. The van der Waals surface area contributed by atoms with Crippen LogP contribution in [0.4, 0.5) is 24.5 Å². The number of hydrogen-bond donors (Lipinski definition) is 1. The van der Waals surface area contributed by atoms with Gasteiger partial charge in [-0.3, -0.25) is 14.5 Å². The number of hydrogen-bond acceptors (Lipinski definition) is 3. The minimum absolute atomic E-state index is 0.0534. The van der Waals surface area contributed by atoms with E-state index < -0.39 is 23.6 Å². The van der Waals surface area contributed by atoms with Crippen molar-refractivity contribution in [2.75, 3.05) is 23.9 Å². The first-order valence-electron chi connectivity index (χ1n) is 7.26. The second-order valence-electron chi connectivity index (χ2n) is 5.40. The zero-order chi connectivity index (χ0) is 18.2. The van der Waals surface area contributed by atoms with Gasteiger partial charge >= 0.3 is 6.18 Å². The van der Waals surface area contributed by atoms with Crippen LogP contribution in [0.5, 0.6) is 5.75 Å². The van der Waals surface area contributed by atoms with E-state index in [1.54, 1.807) is 18.2 Å². The number of amides is 2. The fraction of sp³-hybridized carbons (Fsp3) is 0.176. The van der Waals surface area contributed by atoms with Gasteiger partial charge in [-0.2, -0.15) is 13.2 Å². The number of fused-ring (bicyclic) bond motifs is 1. The zero-order valence-electron chi connectivity index (χ0n) is 13.1. The van der Waals surface area contributed by atoms with E-state index in [9.17, 15) is 22.8 Å². The minimum Gasteiger partial charge on any atom is -0.497 e. The van der Waals surface area contributed by atoms with E-state index in [4.69, 9.17) is 4.74 Å². The van der Waals surface area contributed by atoms with Crippen molar-refractivity contribution < 1.29 is 27.5 Å². The molecule has 2 aromatic carbocycles. The van der Waals surface area contributed by atoms with Crippen LogP contribution in [0.25, 0.3) is 0 Å². The summed E-state index contributed by atoms with van der Waals surface area (Å²) in [5, 5.41) is 2.37. The van der Waals surface area contributed by atoms with Crippen LogP contribution >= 0.6 is 0 Å². The highest BCUT2D eigenvalue weighted by atomic mass is 19.4. The van der Waals surface area contributed by atoms with Crippen LogP contribution in [0.15, 0.2) is 42.5 Å². The Bertz CT molecular complexity index is 849. The molecule has 1 aliphatic heterocycles. The first-order valence-corrected chi connectivity index (χ1v) is 7.26. The molecule has 0 aliphatic carbocycles. The number of carbonyl (C=O) groups excluding carboxylic acids is 2. The summed E-state index contributed by atoms with van der Waals surface area (Å²) in [6, 6.07) is 9.18. The Kier molecular flexibility index (Phi) is 4.12. The Balaban J connectivity index is 2.01. The molecule has 0 fully saturated rings. The molecule has 0 bridgehead atoms. The maximum absolute atomic E-state index is 12.9. The Hall–Kier alpha value is -3.03. The monoisotopic (exact) mass is 350 g/mol. The Labute approximate surface area is 141 Å². The Morgan fingerprint density at radius 3 is 2.64 bits per heavy atom. The highest BCUT2D eigenvalue weighted by Gasteiger charge is 2.34. The Morgan fingerprint density at radius 1 is 1.20 bits per heavy atom. The molecular formula is C17H13F3N2O3. The molecule has 2 amide bonds. The topological polar surface area (TPSA) is 58.6 Å². The molecule has 0 radical (unpaired) electrons. The van der Waals surface area contributed by atoms with Gasteiger partial charge in [-0.05, 0) is 36.4 Å². The molecule has 3 rings (SSSR count). The number of rotatable bonds is 2. The highest BCUT2D eigenvalue weighted by Crippen LogP contribution is 2.37. The summed E-state index contributed by atoms with van der Waals surface area (Å²) in [7, 11) is 1.45. The van der Waals surface area contributed by atoms with Crippen molar-refractivity contribution in [1.82, 2.24) is 0 Å². The standard InChI is InChI=1S/C17H13F3N2O3/c1-25-12-4-2-3-10(7-12)16(24)22-9-15(23)21-13-8-11(17(18,19)20)5-6-14(13)22/h2-8H,9H2,1H3,(H,21,23). The van der Waals surface area contributed by atoms with E-state index in [-0.39, 0.29) is 23.5 Å². The van der Waals surface area contributed by atoms with Gasteiger partial charge in [-0.15, -0.1) is 0 Å². The van der Waals surface area contributed by atoms with Gasteiger partial charge in [0.2, 0.25) is 5.91 Å². The molecule has 2 aromatic rings. The Morgan fingerprint density at radius 2 is 1.96 bits per heavy atom. The van der Waals surface area contributed by atoms with Crippen molar-refractivity contribution in [3.63, 3.8) is 0 Å². The lowest BCUT2D eigenvalue weighted by Gasteiger charge is -2.30. The number of anilines is 2. The van der Waals surface area contributed by atoms with Crippen LogP contribution in [0, 0.1) is 0 Å². The lowest BCUT2D eigenvalue weighted by atomic mass is 10.1. The van der Waals surface area contributed by atoms with Gasteiger partial charge in [0, 0.05) is 5.56 Å². The molecule has 0 unspecified atom stereocenters. The smallest absolute Gasteiger partial charge is 0.416 e. The molecule has 130 valence electrons. The number of halogens is 3. The van der Waals surface area contributed by atoms with Crippen LogP contribution in [-0.4, -0.2) is 25.5 Å². The number of nitrogens with one attached hydrogen (secondary N) is 1. The van der Waals surface area contributed by atoms with Crippen molar-refractivity contribution in [3.05, 3.63) is 53.6 Å². The van der Waals surface area contributed by atoms with Gasteiger partial charge in [-0.1, -0.05) is 6.07 Å². The third-order valence-corrected chi connectivity index (χ3v) is 3.75. The number of methoxy groups -OCH3 is 1. The second kappa shape index (κ2) is 6.12. The van der Waals surface area contributed by atoms with Crippen LogP contribution in [0.3, 0.4) is 0 Å². The minimum atomic E-state index is -4.54.